The van der Waals surface area contributed by atoms with Crippen molar-refractivity contribution in [1.82, 2.24) is 20.7 Å². The van der Waals surface area contributed by atoms with E-state index in [-0.39, 0.29) is 5.84 Å². The second-order valence-electron chi connectivity index (χ2n) is 8.99. The van der Waals surface area contributed by atoms with Gasteiger partial charge in [0.05, 0.1) is 6.61 Å². The van der Waals surface area contributed by atoms with Crippen LogP contribution in [-0.2, 0) is 4.79 Å². The first-order valence-corrected chi connectivity index (χ1v) is 12.5. The molecule has 0 aliphatic carbocycles. The van der Waals surface area contributed by atoms with E-state index in [2.05, 4.69) is 21.2 Å². The molecule has 1 heterocycles. The van der Waals surface area contributed by atoms with Crippen LogP contribution < -0.4 is 31.4 Å². The van der Waals surface area contributed by atoms with Gasteiger partial charge in [0.25, 0.3) is 11.8 Å². The summed E-state index contributed by atoms with van der Waals surface area (Å²) in [4.78, 5) is 32.1. The number of anilines is 1. The number of hydrazine groups is 1. The number of likely N-dealkylation sites (N-methyl/N-ethyl adjacent to an activating group) is 1. The van der Waals surface area contributed by atoms with Crippen molar-refractivity contribution in [3.63, 3.8) is 0 Å². The van der Waals surface area contributed by atoms with Gasteiger partial charge in [0.1, 0.15) is 18.5 Å². The van der Waals surface area contributed by atoms with E-state index >= 15 is 0 Å². The maximum atomic E-state index is 13.4. The van der Waals surface area contributed by atoms with Crippen molar-refractivity contribution in [1.29, 1.82) is 5.41 Å². The molecule has 206 valence electrons. The zero-order valence-corrected chi connectivity index (χ0v) is 22.6. The van der Waals surface area contributed by atoms with Gasteiger partial charge < -0.3 is 25.4 Å². The quantitative estimate of drug-likeness (QED) is 0.135. The molecule has 11 heteroatoms. The average molecular weight is 534 g/mol. The zero-order valence-electron chi connectivity index (χ0n) is 22.6. The highest BCUT2D eigenvalue weighted by atomic mass is 16.5. The predicted molar refractivity (Wildman–Crippen MR) is 150 cm³/mol. The number of rotatable bonds is 12. The first-order valence-electron chi connectivity index (χ1n) is 12.5. The molecule has 0 aliphatic rings. The number of benzene rings is 2. The maximum Gasteiger partial charge on any atom is 0.270 e. The molecule has 3 rings (SSSR count). The molecule has 0 radical (unpaired) electrons. The molecular weight excluding hydrogens is 498 g/mol. The number of nitrogens with zero attached hydrogens (tertiary/aromatic N) is 2. The molecule has 0 fully saturated rings. The molecule has 0 aliphatic heterocycles. The highest BCUT2D eigenvalue weighted by molar-refractivity contribution is 5.97. The highest BCUT2D eigenvalue weighted by Crippen LogP contribution is 2.32. The summed E-state index contributed by atoms with van der Waals surface area (Å²) in [6.07, 6.45) is 3.08. The number of carbonyl (C=O) groups excluding carboxylic acids is 2. The van der Waals surface area contributed by atoms with E-state index in [1.807, 2.05) is 25.9 Å². The lowest BCUT2D eigenvalue weighted by Crippen LogP contribution is -2.45. The smallest absolute Gasteiger partial charge is 0.270 e. The van der Waals surface area contributed by atoms with E-state index in [4.69, 9.17) is 20.6 Å². The summed E-state index contributed by atoms with van der Waals surface area (Å²) in [5, 5.41) is 10.8. The van der Waals surface area contributed by atoms with Gasteiger partial charge in [-0.25, -0.2) is 0 Å². The van der Waals surface area contributed by atoms with Crippen molar-refractivity contribution in [2.45, 2.75) is 19.9 Å². The van der Waals surface area contributed by atoms with Crippen molar-refractivity contribution in [2.24, 2.45) is 5.73 Å². The van der Waals surface area contributed by atoms with Crippen molar-refractivity contribution >= 4 is 23.3 Å². The highest BCUT2D eigenvalue weighted by Gasteiger charge is 2.24. The second-order valence-corrected chi connectivity index (χ2v) is 8.99. The van der Waals surface area contributed by atoms with Gasteiger partial charge in [-0.2, -0.15) is 0 Å². The van der Waals surface area contributed by atoms with Gasteiger partial charge >= 0.3 is 0 Å². The molecule has 11 nitrogen and oxygen atoms in total. The van der Waals surface area contributed by atoms with Crippen LogP contribution in [0.2, 0.25) is 0 Å². The van der Waals surface area contributed by atoms with Gasteiger partial charge in [-0.15, -0.1) is 0 Å². The predicted octanol–water partition coefficient (Wildman–Crippen LogP) is 2.63. The van der Waals surface area contributed by atoms with Crippen LogP contribution in [0, 0.1) is 12.3 Å². The Bertz CT molecular complexity index is 1300. The summed E-state index contributed by atoms with van der Waals surface area (Å²) in [5.74, 6) is 0.0312. The Balaban J connectivity index is 1.87. The molecule has 2 amide bonds. The lowest BCUT2D eigenvalue weighted by Gasteiger charge is -2.22. The number of aromatic nitrogens is 1. The Kier molecular flexibility index (Phi) is 10.2. The monoisotopic (exact) mass is 533 g/mol. The minimum atomic E-state index is -0.915. The summed E-state index contributed by atoms with van der Waals surface area (Å²) < 4.78 is 11.7. The fourth-order valence-corrected chi connectivity index (χ4v) is 3.63. The number of pyridine rings is 1. The zero-order chi connectivity index (χ0) is 28.4. The molecular formula is C28H35N7O4. The summed E-state index contributed by atoms with van der Waals surface area (Å²) >= 11 is 0. The second kappa shape index (κ2) is 13.8. The van der Waals surface area contributed by atoms with Crippen molar-refractivity contribution < 1.29 is 19.1 Å². The van der Waals surface area contributed by atoms with Gasteiger partial charge in [0, 0.05) is 35.8 Å². The number of aryl methyl sites for hydroxylation is 1. The molecule has 1 atom stereocenters. The first kappa shape index (κ1) is 28.9. The Morgan fingerprint density at radius 3 is 2.44 bits per heavy atom. The van der Waals surface area contributed by atoms with Crippen molar-refractivity contribution in [3.8, 4) is 11.5 Å². The summed E-state index contributed by atoms with van der Waals surface area (Å²) in [7, 11) is 3.92. The molecule has 39 heavy (non-hydrogen) atoms. The number of hydrogen-bond acceptors (Lipinski definition) is 8. The van der Waals surface area contributed by atoms with Crippen LogP contribution in [0.3, 0.4) is 0 Å². The van der Waals surface area contributed by atoms with Crippen LogP contribution in [0.5, 0.6) is 11.5 Å². The van der Waals surface area contributed by atoms with Crippen LogP contribution in [0.4, 0.5) is 5.69 Å². The fraction of sp³-hybridized carbons (Fsp3) is 0.286. The number of nitrogens with two attached hydrogens (primary N) is 1. The van der Waals surface area contributed by atoms with Gasteiger partial charge in [-0.05, 0) is 81.5 Å². The van der Waals surface area contributed by atoms with Crippen LogP contribution in [0.25, 0.3) is 0 Å². The molecule has 1 aromatic heterocycles. The third-order valence-corrected chi connectivity index (χ3v) is 5.73. The number of nitrogens with one attached hydrogen (secondary N) is 4. The average Bonchev–Trinajstić information content (AvgIpc) is 2.91. The Morgan fingerprint density at radius 2 is 1.79 bits per heavy atom. The van der Waals surface area contributed by atoms with Crippen LogP contribution in [0.1, 0.15) is 40.0 Å². The number of carbonyl (C=O) groups is 2. The van der Waals surface area contributed by atoms with E-state index in [9.17, 15) is 9.59 Å². The SMILES string of the molecule is CCOc1cc(C(Nc2ccc(C(=N)N)cc2)C(=O)NNC(=O)c2ccncc2C)ccc1OCCN(C)C. The number of amidine groups is 1. The number of nitrogen functional groups attached to an aromatic ring is 1. The van der Waals surface area contributed by atoms with Gasteiger partial charge in [-0.1, -0.05) is 6.07 Å². The molecule has 3 aromatic rings. The van der Waals surface area contributed by atoms with Gasteiger partial charge in [-0.3, -0.25) is 30.8 Å². The van der Waals surface area contributed by atoms with Crippen molar-refractivity contribution in [3.05, 3.63) is 83.2 Å². The largest absolute Gasteiger partial charge is 0.490 e. The summed E-state index contributed by atoms with van der Waals surface area (Å²) in [6, 6.07) is 12.7. The standard InChI is InChI=1S/C28H35N7O4/c1-5-38-24-16-20(8-11-23(24)39-15-14-35(3)4)25(32-21-9-6-19(7-10-21)26(29)30)28(37)34-33-27(36)22-12-13-31-17-18(22)2/h6-13,16-17,25,32H,5,14-15H2,1-4H3,(H3,29,30)(H,33,36)(H,34,37). The van der Waals surface area contributed by atoms with E-state index in [1.165, 1.54) is 6.20 Å². The molecule has 2 aromatic carbocycles. The third-order valence-electron chi connectivity index (χ3n) is 5.73. The first-order chi connectivity index (χ1) is 18.7. The van der Waals surface area contributed by atoms with Crippen LogP contribution in [0.15, 0.2) is 60.9 Å². The molecule has 6 N–H and O–H groups in total. The maximum absolute atomic E-state index is 13.4. The normalized spacial score (nSPS) is 11.4. The van der Waals surface area contributed by atoms with E-state index in [0.29, 0.717) is 52.7 Å². The summed E-state index contributed by atoms with van der Waals surface area (Å²) in [6.45, 7) is 5.23. The molecule has 0 bridgehead atoms. The Labute approximate surface area is 228 Å². The van der Waals surface area contributed by atoms with E-state index in [0.717, 1.165) is 6.54 Å². The van der Waals surface area contributed by atoms with Gasteiger partial charge in [0.2, 0.25) is 0 Å². The fourth-order valence-electron chi connectivity index (χ4n) is 3.63. The van der Waals surface area contributed by atoms with E-state index in [1.54, 1.807) is 61.7 Å². The molecule has 1 unspecified atom stereocenters. The summed E-state index contributed by atoms with van der Waals surface area (Å²) in [5.41, 5.74) is 13.4. The number of hydrogen-bond donors (Lipinski definition) is 5. The molecule has 0 spiro atoms. The number of ether oxygens (including phenoxy) is 2. The minimum absolute atomic E-state index is 0.0591. The van der Waals surface area contributed by atoms with E-state index < -0.39 is 17.9 Å². The van der Waals surface area contributed by atoms with Crippen LogP contribution in [-0.4, -0.2) is 61.4 Å². The molecule has 0 saturated heterocycles. The topological polar surface area (TPSA) is 155 Å². The lowest BCUT2D eigenvalue weighted by molar-refractivity contribution is -0.122. The lowest BCUT2D eigenvalue weighted by atomic mass is 10.0. The Morgan fingerprint density at radius 1 is 1.05 bits per heavy atom. The minimum Gasteiger partial charge on any atom is -0.490 e. The molecule has 0 saturated carbocycles. The third kappa shape index (κ3) is 8.17. The van der Waals surface area contributed by atoms with Crippen LogP contribution >= 0.6 is 0 Å². The van der Waals surface area contributed by atoms with Crippen molar-refractivity contribution in [2.75, 3.05) is 39.2 Å². The Hall–Kier alpha value is -4.64. The number of amides is 2. The van der Waals surface area contributed by atoms with Gasteiger partial charge in [0.15, 0.2) is 11.5 Å².